The number of benzene rings is 1. The van der Waals surface area contributed by atoms with Gasteiger partial charge in [0.05, 0.1) is 0 Å². The van der Waals surface area contributed by atoms with Gasteiger partial charge in [-0.2, -0.15) is 0 Å². The van der Waals surface area contributed by atoms with Crippen molar-refractivity contribution >= 4 is 21.8 Å². The molecule has 1 aromatic carbocycles. The second kappa shape index (κ2) is 6.66. The molecule has 4 nitrogen and oxygen atoms in total. The Bertz CT molecular complexity index is 773. The molecule has 1 aliphatic rings. The Morgan fingerprint density at radius 2 is 1.96 bits per heavy atom. The van der Waals surface area contributed by atoms with E-state index in [9.17, 15) is 14.0 Å². The molecule has 0 aliphatic carbocycles. The number of hydrogen-bond donors (Lipinski definition) is 0. The van der Waals surface area contributed by atoms with Gasteiger partial charge < -0.3 is 9.47 Å². The van der Waals surface area contributed by atoms with E-state index in [1.165, 1.54) is 22.8 Å². The number of pyridine rings is 1. The lowest BCUT2D eigenvalue weighted by atomic mass is 9.99. The summed E-state index contributed by atoms with van der Waals surface area (Å²) in [6.45, 7) is 1.30. The van der Waals surface area contributed by atoms with Crippen LogP contribution in [0.25, 0.3) is 0 Å². The lowest BCUT2D eigenvalue weighted by molar-refractivity contribution is -0.130. The zero-order valence-electron chi connectivity index (χ0n) is 12.4. The highest BCUT2D eigenvalue weighted by Gasteiger charge is 2.27. The maximum absolute atomic E-state index is 13.0. The molecule has 2 aromatic rings. The molecule has 1 aromatic heterocycles. The zero-order valence-corrected chi connectivity index (χ0v) is 14.0. The molecule has 1 fully saturated rings. The number of halogens is 2. The standard InChI is InChI=1S/C17H16BrFN2O2/c18-14-3-6-16(22)21(10-14)11-17(23)20-8-7-13(9-20)12-1-4-15(19)5-2-12/h1-6,10,13H,7-9,11H2. The van der Waals surface area contributed by atoms with Crippen molar-refractivity contribution in [2.75, 3.05) is 13.1 Å². The van der Waals surface area contributed by atoms with Crippen LogP contribution in [0, 0.1) is 5.82 Å². The third kappa shape index (κ3) is 3.69. The molecule has 1 atom stereocenters. The van der Waals surface area contributed by atoms with Crippen LogP contribution in [0.5, 0.6) is 0 Å². The SMILES string of the molecule is O=C(Cn1cc(Br)ccc1=O)N1CCC(c2ccc(F)cc2)C1. The first-order valence-electron chi connectivity index (χ1n) is 7.42. The van der Waals surface area contributed by atoms with E-state index in [2.05, 4.69) is 15.9 Å². The second-order valence-corrected chi connectivity index (χ2v) is 6.61. The van der Waals surface area contributed by atoms with Gasteiger partial charge in [0.2, 0.25) is 5.91 Å². The van der Waals surface area contributed by atoms with Crippen LogP contribution in [0.2, 0.25) is 0 Å². The van der Waals surface area contributed by atoms with Gasteiger partial charge in [-0.05, 0) is 46.1 Å². The van der Waals surface area contributed by atoms with Crippen LogP contribution in [-0.2, 0) is 11.3 Å². The highest BCUT2D eigenvalue weighted by Crippen LogP contribution is 2.27. The quantitative estimate of drug-likeness (QED) is 0.823. The van der Waals surface area contributed by atoms with Crippen molar-refractivity contribution in [3.05, 3.63) is 68.8 Å². The fraction of sp³-hybridized carbons (Fsp3) is 0.294. The van der Waals surface area contributed by atoms with E-state index in [0.717, 1.165) is 16.5 Å². The topological polar surface area (TPSA) is 42.3 Å². The Morgan fingerprint density at radius 3 is 2.70 bits per heavy atom. The lowest BCUT2D eigenvalue weighted by Crippen LogP contribution is -2.34. The number of carbonyl (C=O) groups excluding carboxylic acids is 1. The summed E-state index contributed by atoms with van der Waals surface area (Å²) in [6, 6.07) is 9.52. The number of likely N-dealkylation sites (tertiary alicyclic amines) is 1. The van der Waals surface area contributed by atoms with Crippen LogP contribution >= 0.6 is 15.9 Å². The minimum Gasteiger partial charge on any atom is -0.341 e. The molecular formula is C17H16BrFN2O2. The summed E-state index contributed by atoms with van der Waals surface area (Å²) in [5, 5.41) is 0. The molecular weight excluding hydrogens is 363 g/mol. The minimum atomic E-state index is -0.256. The highest BCUT2D eigenvalue weighted by molar-refractivity contribution is 9.10. The summed E-state index contributed by atoms with van der Waals surface area (Å²) in [4.78, 5) is 25.9. The number of rotatable bonds is 3. The van der Waals surface area contributed by atoms with Gasteiger partial charge in [0.15, 0.2) is 0 Å². The summed E-state index contributed by atoms with van der Waals surface area (Å²) in [5.74, 6) is -0.109. The average Bonchev–Trinajstić information content (AvgIpc) is 3.02. The molecule has 6 heteroatoms. The normalized spacial score (nSPS) is 17.5. The minimum absolute atomic E-state index is 0.0361. The molecule has 0 spiro atoms. The summed E-state index contributed by atoms with van der Waals surface area (Å²) >= 11 is 3.30. The van der Waals surface area contributed by atoms with Gasteiger partial charge in [0.1, 0.15) is 12.4 Å². The molecule has 0 radical (unpaired) electrons. The molecule has 1 amide bonds. The van der Waals surface area contributed by atoms with E-state index in [0.29, 0.717) is 13.1 Å². The van der Waals surface area contributed by atoms with Gasteiger partial charge in [-0.25, -0.2) is 4.39 Å². The van der Waals surface area contributed by atoms with Crippen molar-refractivity contribution in [1.29, 1.82) is 0 Å². The first kappa shape index (κ1) is 15.9. The lowest BCUT2D eigenvalue weighted by Gasteiger charge is -2.17. The van der Waals surface area contributed by atoms with Crippen LogP contribution in [-0.4, -0.2) is 28.5 Å². The van der Waals surface area contributed by atoms with Crippen molar-refractivity contribution in [2.45, 2.75) is 18.9 Å². The largest absolute Gasteiger partial charge is 0.341 e. The number of hydrogen-bond acceptors (Lipinski definition) is 2. The average molecular weight is 379 g/mol. The van der Waals surface area contributed by atoms with E-state index < -0.39 is 0 Å². The first-order chi connectivity index (χ1) is 11.0. The fourth-order valence-corrected chi connectivity index (χ4v) is 3.24. The summed E-state index contributed by atoms with van der Waals surface area (Å²) in [6.07, 6.45) is 2.47. The summed E-state index contributed by atoms with van der Waals surface area (Å²) in [5.41, 5.74) is 0.845. The molecule has 1 aliphatic heterocycles. The monoisotopic (exact) mass is 378 g/mol. The number of amides is 1. The van der Waals surface area contributed by atoms with Crippen molar-refractivity contribution < 1.29 is 9.18 Å². The van der Waals surface area contributed by atoms with Crippen LogP contribution in [0.1, 0.15) is 17.9 Å². The van der Waals surface area contributed by atoms with Gasteiger partial charge in [-0.1, -0.05) is 12.1 Å². The Kier molecular flexibility index (Phi) is 4.61. The van der Waals surface area contributed by atoms with E-state index in [4.69, 9.17) is 0 Å². The number of nitrogens with zero attached hydrogens (tertiary/aromatic N) is 2. The second-order valence-electron chi connectivity index (χ2n) is 5.69. The van der Waals surface area contributed by atoms with Crippen LogP contribution in [0.4, 0.5) is 4.39 Å². The Morgan fingerprint density at radius 1 is 1.22 bits per heavy atom. The van der Waals surface area contributed by atoms with Crippen LogP contribution in [0.15, 0.2) is 51.9 Å². The summed E-state index contributed by atoms with van der Waals surface area (Å²) in [7, 11) is 0. The van der Waals surface area contributed by atoms with Crippen LogP contribution < -0.4 is 5.56 Å². The number of carbonyl (C=O) groups is 1. The molecule has 1 saturated heterocycles. The molecule has 1 unspecified atom stereocenters. The molecule has 23 heavy (non-hydrogen) atoms. The number of aromatic nitrogens is 1. The molecule has 0 bridgehead atoms. The van der Waals surface area contributed by atoms with Gasteiger partial charge in [0, 0.05) is 35.7 Å². The molecule has 3 rings (SSSR count). The molecule has 0 N–H and O–H groups in total. The van der Waals surface area contributed by atoms with Crippen molar-refractivity contribution in [2.24, 2.45) is 0 Å². The van der Waals surface area contributed by atoms with Crippen LogP contribution in [0.3, 0.4) is 0 Å². The van der Waals surface area contributed by atoms with Gasteiger partial charge in [-0.15, -0.1) is 0 Å². The zero-order chi connectivity index (χ0) is 16.4. The van der Waals surface area contributed by atoms with Gasteiger partial charge >= 0.3 is 0 Å². The molecule has 120 valence electrons. The van der Waals surface area contributed by atoms with Crippen molar-refractivity contribution in [3.63, 3.8) is 0 Å². The summed E-state index contributed by atoms with van der Waals surface area (Å²) < 4.78 is 15.2. The van der Waals surface area contributed by atoms with E-state index in [-0.39, 0.29) is 29.7 Å². The Hall–Kier alpha value is -1.95. The first-order valence-corrected chi connectivity index (χ1v) is 8.21. The third-order valence-electron chi connectivity index (χ3n) is 4.14. The Balaban J connectivity index is 1.66. The van der Waals surface area contributed by atoms with E-state index in [1.807, 2.05) is 0 Å². The molecule has 0 saturated carbocycles. The van der Waals surface area contributed by atoms with Crippen molar-refractivity contribution in [3.8, 4) is 0 Å². The smallest absolute Gasteiger partial charge is 0.251 e. The maximum atomic E-state index is 13.0. The van der Waals surface area contributed by atoms with E-state index >= 15 is 0 Å². The highest BCUT2D eigenvalue weighted by atomic mass is 79.9. The third-order valence-corrected chi connectivity index (χ3v) is 4.60. The predicted molar refractivity (Wildman–Crippen MR) is 88.7 cm³/mol. The van der Waals surface area contributed by atoms with Gasteiger partial charge in [-0.3, -0.25) is 9.59 Å². The van der Waals surface area contributed by atoms with E-state index in [1.54, 1.807) is 29.3 Å². The fourth-order valence-electron chi connectivity index (χ4n) is 2.87. The Labute approximate surface area is 141 Å². The van der Waals surface area contributed by atoms with Crippen molar-refractivity contribution in [1.82, 2.24) is 9.47 Å². The predicted octanol–water partition coefficient (Wildman–Crippen LogP) is 2.77. The van der Waals surface area contributed by atoms with Gasteiger partial charge in [0.25, 0.3) is 5.56 Å². The molecule has 2 heterocycles. The maximum Gasteiger partial charge on any atom is 0.251 e.